The zero-order chi connectivity index (χ0) is 8.10. The highest BCUT2D eigenvalue weighted by Crippen LogP contribution is 2.12. The Bertz CT molecular complexity index is 221. The summed E-state index contributed by atoms with van der Waals surface area (Å²) in [6.07, 6.45) is 12.1. The van der Waals surface area contributed by atoms with Crippen LogP contribution in [0.4, 0.5) is 0 Å². The number of hydrogen-bond acceptors (Lipinski definition) is 1. The van der Waals surface area contributed by atoms with Crippen LogP contribution in [-0.2, 0) is 4.79 Å². The summed E-state index contributed by atoms with van der Waals surface area (Å²) in [5, 5.41) is 0. The lowest BCUT2D eigenvalue weighted by atomic mass is 10.0. The lowest BCUT2D eigenvalue weighted by Crippen LogP contribution is -1.97. The summed E-state index contributed by atoms with van der Waals surface area (Å²) >= 11 is 0. The molecule has 1 aliphatic carbocycles. The molecular formula is C10H12O. The fourth-order valence-corrected chi connectivity index (χ4v) is 0.978. The highest BCUT2D eigenvalue weighted by Gasteiger charge is 2.02. The van der Waals surface area contributed by atoms with Crippen LogP contribution in [0.3, 0.4) is 0 Å². The molecule has 0 N–H and O–H groups in total. The first kappa shape index (κ1) is 7.99. The summed E-state index contributed by atoms with van der Waals surface area (Å²) in [6, 6.07) is 0. The molecule has 0 fully saturated rings. The van der Waals surface area contributed by atoms with Crippen molar-refractivity contribution in [2.45, 2.75) is 13.3 Å². The minimum atomic E-state index is 0.0222. The van der Waals surface area contributed by atoms with Crippen molar-refractivity contribution in [2.24, 2.45) is 5.92 Å². The molecule has 0 amide bonds. The van der Waals surface area contributed by atoms with E-state index in [0.717, 1.165) is 18.3 Å². The van der Waals surface area contributed by atoms with Gasteiger partial charge in [-0.15, -0.1) is 0 Å². The fraction of sp³-hybridized carbons (Fsp3) is 0.300. The van der Waals surface area contributed by atoms with Crippen LogP contribution in [0.15, 0.2) is 36.0 Å². The van der Waals surface area contributed by atoms with Gasteiger partial charge >= 0.3 is 0 Å². The van der Waals surface area contributed by atoms with Crippen LogP contribution >= 0.6 is 0 Å². The molecule has 0 bridgehead atoms. The van der Waals surface area contributed by atoms with E-state index in [1.807, 2.05) is 25.2 Å². The molecular weight excluding hydrogens is 136 g/mol. The SMILES string of the molecule is CC(C=O)C1=CC=CCC=C1. The lowest BCUT2D eigenvalue weighted by Gasteiger charge is -2.01. The molecule has 0 aliphatic heterocycles. The van der Waals surface area contributed by atoms with Gasteiger partial charge in [-0.25, -0.2) is 0 Å². The van der Waals surface area contributed by atoms with Gasteiger partial charge in [0.25, 0.3) is 0 Å². The Morgan fingerprint density at radius 1 is 1.55 bits per heavy atom. The molecule has 1 heteroatoms. The number of allylic oxidation sites excluding steroid dienone is 6. The van der Waals surface area contributed by atoms with Crippen LogP contribution in [-0.4, -0.2) is 6.29 Å². The number of aldehydes is 1. The Morgan fingerprint density at radius 2 is 2.36 bits per heavy atom. The summed E-state index contributed by atoms with van der Waals surface area (Å²) in [5.41, 5.74) is 1.09. The molecule has 1 rings (SSSR count). The topological polar surface area (TPSA) is 17.1 Å². The van der Waals surface area contributed by atoms with Crippen LogP contribution in [0, 0.1) is 5.92 Å². The summed E-state index contributed by atoms with van der Waals surface area (Å²) in [4.78, 5) is 10.4. The van der Waals surface area contributed by atoms with Gasteiger partial charge in [0.1, 0.15) is 6.29 Å². The van der Waals surface area contributed by atoms with Crippen molar-refractivity contribution < 1.29 is 4.79 Å². The van der Waals surface area contributed by atoms with Crippen LogP contribution in [0.25, 0.3) is 0 Å². The van der Waals surface area contributed by atoms with E-state index >= 15 is 0 Å². The molecule has 58 valence electrons. The molecule has 1 nitrogen and oxygen atoms in total. The molecule has 11 heavy (non-hydrogen) atoms. The summed E-state index contributed by atoms with van der Waals surface area (Å²) in [7, 11) is 0. The Labute approximate surface area is 67.1 Å². The van der Waals surface area contributed by atoms with E-state index in [2.05, 4.69) is 12.2 Å². The van der Waals surface area contributed by atoms with E-state index in [1.165, 1.54) is 0 Å². The van der Waals surface area contributed by atoms with E-state index in [-0.39, 0.29) is 5.92 Å². The van der Waals surface area contributed by atoms with Crippen molar-refractivity contribution in [1.29, 1.82) is 0 Å². The molecule has 1 unspecified atom stereocenters. The smallest absolute Gasteiger partial charge is 0.127 e. The molecule has 0 heterocycles. The van der Waals surface area contributed by atoms with E-state index in [9.17, 15) is 4.79 Å². The first-order chi connectivity index (χ1) is 5.34. The summed E-state index contributed by atoms with van der Waals surface area (Å²) in [5.74, 6) is 0.0222. The maximum atomic E-state index is 10.4. The molecule has 0 aromatic heterocycles. The first-order valence-corrected chi connectivity index (χ1v) is 3.83. The second kappa shape index (κ2) is 3.91. The van der Waals surface area contributed by atoms with Gasteiger partial charge < -0.3 is 4.79 Å². The molecule has 0 radical (unpaired) electrons. The van der Waals surface area contributed by atoms with Gasteiger partial charge in [0.05, 0.1) is 0 Å². The van der Waals surface area contributed by atoms with Crippen molar-refractivity contribution in [3.63, 3.8) is 0 Å². The normalized spacial score (nSPS) is 18.8. The maximum absolute atomic E-state index is 10.4. The van der Waals surface area contributed by atoms with Crippen molar-refractivity contribution >= 4 is 6.29 Å². The van der Waals surface area contributed by atoms with Gasteiger partial charge in [-0.1, -0.05) is 37.3 Å². The average Bonchev–Trinajstić information content (AvgIpc) is 2.30. The standard InChI is InChI=1S/C10H12O/c1-9(8-11)10-6-4-2-3-5-7-10/h2,4-9H,3H2,1H3. The predicted octanol–water partition coefficient (Wildman–Crippen LogP) is 2.26. The molecule has 0 saturated carbocycles. The Morgan fingerprint density at radius 3 is 3.09 bits per heavy atom. The fourth-order valence-electron chi connectivity index (χ4n) is 0.978. The Balaban J connectivity index is 2.76. The minimum Gasteiger partial charge on any atom is -0.303 e. The average molecular weight is 148 g/mol. The number of rotatable bonds is 2. The molecule has 0 spiro atoms. The molecule has 0 saturated heterocycles. The number of hydrogen-bond donors (Lipinski definition) is 0. The summed E-state index contributed by atoms with van der Waals surface area (Å²) in [6.45, 7) is 1.91. The van der Waals surface area contributed by atoms with E-state index in [0.29, 0.717) is 0 Å². The van der Waals surface area contributed by atoms with Crippen molar-refractivity contribution in [3.8, 4) is 0 Å². The largest absolute Gasteiger partial charge is 0.303 e. The number of carbonyl (C=O) groups is 1. The van der Waals surface area contributed by atoms with Crippen LogP contribution in [0.5, 0.6) is 0 Å². The number of carbonyl (C=O) groups excluding carboxylic acids is 1. The third-order valence-corrected chi connectivity index (χ3v) is 1.74. The third-order valence-electron chi connectivity index (χ3n) is 1.74. The minimum absolute atomic E-state index is 0.0222. The van der Waals surface area contributed by atoms with Crippen LogP contribution in [0.1, 0.15) is 13.3 Å². The van der Waals surface area contributed by atoms with Crippen molar-refractivity contribution in [3.05, 3.63) is 36.0 Å². The summed E-state index contributed by atoms with van der Waals surface area (Å²) < 4.78 is 0. The highest BCUT2D eigenvalue weighted by atomic mass is 16.1. The van der Waals surface area contributed by atoms with Gasteiger partial charge in [0, 0.05) is 5.92 Å². The van der Waals surface area contributed by atoms with Gasteiger partial charge in [-0.2, -0.15) is 0 Å². The predicted molar refractivity (Wildman–Crippen MR) is 46.2 cm³/mol. The maximum Gasteiger partial charge on any atom is 0.127 e. The van der Waals surface area contributed by atoms with Gasteiger partial charge in [0.15, 0.2) is 0 Å². The second-order valence-electron chi connectivity index (χ2n) is 2.66. The van der Waals surface area contributed by atoms with Crippen LogP contribution < -0.4 is 0 Å². The first-order valence-electron chi connectivity index (χ1n) is 3.83. The molecule has 1 atom stereocenters. The highest BCUT2D eigenvalue weighted by molar-refractivity contribution is 5.60. The van der Waals surface area contributed by atoms with E-state index < -0.39 is 0 Å². The van der Waals surface area contributed by atoms with E-state index in [4.69, 9.17) is 0 Å². The monoisotopic (exact) mass is 148 g/mol. The molecule has 1 aliphatic rings. The molecule has 0 aromatic rings. The van der Waals surface area contributed by atoms with E-state index in [1.54, 1.807) is 0 Å². The third kappa shape index (κ3) is 2.19. The van der Waals surface area contributed by atoms with Crippen molar-refractivity contribution in [2.75, 3.05) is 0 Å². The Hall–Kier alpha value is -1.11. The van der Waals surface area contributed by atoms with Gasteiger partial charge in [-0.3, -0.25) is 0 Å². The van der Waals surface area contributed by atoms with Gasteiger partial charge in [-0.05, 0) is 12.0 Å². The molecule has 0 aromatic carbocycles. The van der Waals surface area contributed by atoms with Crippen molar-refractivity contribution in [1.82, 2.24) is 0 Å². The van der Waals surface area contributed by atoms with Gasteiger partial charge in [0.2, 0.25) is 0 Å². The lowest BCUT2D eigenvalue weighted by molar-refractivity contribution is -0.109. The van der Waals surface area contributed by atoms with Crippen LogP contribution in [0.2, 0.25) is 0 Å². The quantitative estimate of drug-likeness (QED) is 0.549. The zero-order valence-corrected chi connectivity index (χ0v) is 6.66. The zero-order valence-electron chi connectivity index (χ0n) is 6.66. The second-order valence-corrected chi connectivity index (χ2v) is 2.66. The Kier molecular flexibility index (Phi) is 2.84.